The molecule has 0 atom stereocenters. The van der Waals surface area contributed by atoms with E-state index in [1.165, 1.54) is 12.2 Å². The van der Waals surface area contributed by atoms with Crippen molar-refractivity contribution in [1.82, 2.24) is 13.7 Å². The van der Waals surface area contributed by atoms with Crippen LogP contribution in [0, 0.1) is 11.5 Å². The molecule has 0 saturated heterocycles. The van der Waals surface area contributed by atoms with Gasteiger partial charge in [-0.15, -0.1) is 0 Å². The van der Waals surface area contributed by atoms with E-state index in [9.17, 15) is 24.0 Å². The molecule has 0 spiro atoms. The predicted molar refractivity (Wildman–Crippen MR) is 123 cm³/mol. The van der Waals surface area contributed by atoms with Gasteiger partial charge < -0.3 is 4.74 Å². The van der Waals surface area contributed by atoms with Crippen LogP contribution in [0.3, 0.4) is 0 Å². The summed E-state index contributed by atoms with van der Waals surface area (Å²) in [6.45, 7) is 1.50. The Labute approximate surface area is 197 Å². The van der Waals surface area contributed by atoms with Gasteiger partial charge in [-0.05, 0) is 44.9 Å². The Hall–Kier alpha value is -3.54. The van der Waals surface area contributed by atoms with Crippen molar-refractivity contribution in [3.8, 4) is 6.26 Å². The van der Waals surface area contributed by atoms with Crippen LogP contribution in [-0.2, 0) is 34.0 Å². The molecule has 0 saturated carbocycles. The highest BCUT2D eigenvalue weighted by Crippen LogP contribution is 2.02. The van der Waals surface area contributed by atoms with E-state index in [2.05, 4.69) is 14.7 Å². The Morgan fingerprint density at radius 2 is 1.00 bits per heavy atom. The molecule has 1 heterocycles. The van der Waals surface area contributed by atoms with E-state index < -0.39 is 17.1 Å². The molecule has 12 heteroatoms. The van der Waals surface area contributed by atoms with E-state index in [1.54, 1.807) is 6.26 Å². The Morgan fingerprint density at radius 1 is 0.618 bits per heavy atom. The first-order valence-corrected chi connectivity index (χ1v) is 11.6. The van der Waals surface area contributed by atoms with Crippen molar-refractivity contribution in [2.45, 2.75) is 83.8 Å². The minimum absolute atomic E-state index is 0.127. The lowest BCUT2D eigenvalue weighted by Gasteiger charge is -2.14. The number of isocyanates is 2. The van der Waals surface area contributed by atoms with Crippen LogP contribution >= 0.6 is 0 Å². The maximum Gasteiger partial charge on any atom is 0.336 e. The average Bonchev–Trinajstić information content (AvgIpc) is 2.83. The summed E-state index contributed by atoms with van der Waals surface area (Å²) in [6.07, 6.45) is 11.1. The van der Waals surface area contributed by atoms with Crippen molar-refractivity contribution in [2.24, 2.45) is 9.98 Å². The van der Waals surface area contributed by atoms with E-state index in [-0.39, 0.29) is 26.2 Å². The number of hydrogen-bond donors (Lipinski definition) is 0. The molecular weight excluding hydrogens is 444 g/mol. The summed E-state index contributed by atoms with van der Waals surface area (Å²) in [4.78, 5) is 66.0. The summed E-state index contributed by atoms with van der Waals surface area (Å²) in [7, 11) is 0. The molecule has 0 aliphatic rings. The fourth-order valence-corrected chi connectivity index (χ4v) is 3.47. The van der Waals surface area contributed by atoms with Gasteiger partial charge in [0.2, 0.25) is 12.2 Å². The standard InChI is InChI=1S/C22H32N6O6/c23-17-34-16-10-4-3-8-14-27-20(31)26(13-7-2-1-5-11-24-18-29)21(32)28(22(27)33)15-9-6-12-25-19-30/h1-16H2. The smallest absolute Gasteiger partial charge is 0.336 e. The van der Waals surface area contributed by atoms with Crippen LogP contribution in [0.4, 0.5) is 0 Å². The number of ether oxygens (including phenoxy) is 1. The second-order valence-corrected chi connectivity index (χ2v) is 7.72. The van der Waals surface area contributed by atoms with E-state index in [0.717, 1.165) is 45.8 Å². The number of aliphatic imine (C=N–C) groups is 2. The fourth-order valence-electron chi connectivity index (χ4n) is 3.47. The zero-order valence-electron chi connectivity index (χ0n) is 19.4. The number of nitriles is 1. The van der Waals surface area contributed by atoms with E-state index in [1.807, 2.05) is 0 Å². The van der Waals surface area contributed by atoms with Crippen LogP contribution in [0.1, 0.15) is 64.2 Å². The van der Waals surface area contributed by atoms with Gasteiger partial charge in [0.1, 0.15) is 6.61 Å². The van der Waals surface area contributed by atoms with Gasteiger partial charge in [0.05, 0.1) is 13.1 Å². The van der Waals surface area contributed by atoms with E-state index >= 15 is 0 Å². The lowest BCUT2D eigenvalue weighted by atomic mass is 10.2. The Morgan fingerprint density at radius 3 is 1.44 bits per heavy atom. The van der Waals surface area contributed by atoms with Gasteiger partial charge in [-0.2, -0.15) is 5.26 Å². The third-order valence-electron chi connectivity index (χ3n) is 5.26. The molecule has 0 aromatic carbocycles. The second-order valence-electron chi connectivity index (χ2n) is 7.72. The SMILES string of the molecule is N#COCCCCCCn1c(=O)n(CCCCCCN=C=O)c(=O)n(CCCCN=C=O)c1=O. The molecule has 0 aliphatic heterocycles. The summed E-state index contributed by atoms with van der Waals surface area (Å²) in [5.41, 5.74) is -1.89. The minimum atomic E-state index is -0.635. The van der Waals surface area contributed by atoms with Gasteiger partial charge >= 0.3 is 17.1 Å². The molecule has 0 radical (unpaired) electrons. The third-order valence-corrected chi connectivity index (χ3v) is 5.26. The third kappa shape index (κ3) is 10.4. The molecule has 186 valence electrons. The average molecular weight is 477 g/mol. The first-order valence-electron chi connectivity index (χ1n) is 11.6. The van der Waals surface area contributed by atoms with Gasteiger partial charge in [0, 0.05) is 19.6 Å². The summed E-state index contributed by atoms with van der Waals surface area (Å²) >= 11 is 0. The lowest BCUT2D eigenvalue weighted by Crippen LogP contribution is -2.54. The zero-order valence-corrected chi connectivity index (χ0v) is 19.4. The van der Waals surface area contributed by atoms with Crippen molar-refractivity contribution < 1.29 is 14.3 Å². The van der Waals surface area contributed by atoms with Crippen molar-refractivity contribution >= 4 is 12.2 Å². The maximum absolute atomic E-state index is 12.9. The Balaban J connectivity index is 2.91. The number of carbonyl (C=O) groups excluding carboxylic acids is 2. The molecule has 0 unspecified atom stereocenters. The molecule has 12 nitrogen and oxygen atoms in total. The Bertz CT molecular complexity index is 1050. The van der Waals surface area contributed by atoms with Crippen molar-refractivity contribution in [3.63, 3.8) is 0 Å². The highest BCUT2D eigenvalue weighted by atomic mass is 16.5. The zero-order chi connectivity index (χ0) is 25.0. The number of rotatable bonds is 19. The monoisotopic (exact) mass is 476 g/mol. The fraction of sp³-hybridized carbons (Fsp3) is 0.727. The molecular formula is C22H32N6O6. The van der Waals surface area contributed by atoms with Gasteiger partial charge in [-0.1, -0.05) is 19.3 Å². The van der Waals surface area contributed by atoms with Gasteiger partial charge in [-0.3, -0.25) is 0 Å². The molecule has 34 heavy (non-hydrogen) atoms. The van der Waals surface area contributed by atoms with Gasteiger partial charge in [-0.25, -0.2) is 47.7 Å². The number of unbranched alkanes of at least 4 members (excludes halogenated alkanes) is 7. The molecule has 0 amide bonds. The van der Waals surface area contributed by atoms with Crippen LogP contribution in [-0.4, -0.2) is 45.6 Å². The van der Waals surface area contributed by atoms with Crippen LogP contribution in [0.25, 0.3) is 0 Å². The van der Waals surface area contributed by atoms with Crippen LogP contribution in [0.5, 0.6) is 0 Å². The van der Waals surface area contributed by atoms with Crippen LogP contribution in [0.15, 0.2) is 24.4 Å². The second kappa shape index (κ2) is 18.0. The van der Waals surface area contributed by atoms with Gasteiger partial charge in [0.25, 0.3) is 6.26 Å². The van der Waals surface area contributed by atoms with Crippen LogP contribution < -0.4 is 17.1 Å². The van der Waals surface area contributed by atoms with Crippen molar-refractivity contribution in [2.75, 3.05) is 19.7 Å². The summed E-state index contributed by atoms with van der Waals surface area (Å²) in [5.74, 6) is 0. The molecule has 0 fully saturated rings. The number of hydrogen-bond acceptors (Lipinski definition) is 9. The first kappa shape index (κ1) is 28.5. The van der Waals surface area contributed by atoms with Crippen LogP contribution in [0.2, 0.25) is 0 Å². The van der Waals surface area contributed by atoms with E-state index in [0.29, 0.717) is 45.3 Å². The highest BCUT2D eigenvalue weighted by molar-refractivity contribution is 5.32. The lowest BCUT2D eigenvalue weighted by molar-refractivity contribution is 0.259. The minimum Gasteiger partial charge on any atom is -0.428 e. The number of nitrogens with zero attached hydrogens (tertiary/aromatic N) is 6. The topological polar surface area (TPSA) is 158 Å². The Kier molecular flexibility index (Phi) is 15.0. The molecule has 1 aromatic rings. The molecule has 0 N–H and O–H groups in total. The largest absolute Gasteiger partial charge is 0.428 e. The van der Waals surface area contributed by atoms with Crippen molar-refractivity contribution in [3.05, 3.63) is 31.5 Å². The normalized spacial score (nSPS) is 10.2. The van der Waals surface area contributed by atoms with Gasteiger partial charge in [0.15, 0.2) is 0 Å². The predicted octanol–water partition coefficient (Wildman–Crippen LogP) is 1.24. The maximum atomic E-state index is 12.9. The summed E-state index contributed by atoms with van der Waals surface area (Å²) < 4.78 is 7.91. The van der Waals surface area contributed by atoms with Crippen molar-refractivity contribution in [1.29, 1.82) is 5.26 Å². The molecule has 1 aromatic heterocycles. The summed E-state index contributed by atoms with van der Waals surface area (Å²) in [6, 6.07) is 0. The quantitative estimate of drug-likeness (QED) is 0.126. The number of aromatic nitrogens is 3. The molecule has 1 rings (SSSR count). The molecule has 0 aliphatic carbocycles. The first-order chi connectivity index (χ1) is 16.6. The highest BCUT2D eigenvalue weighted by Gasteiger charge is 2.15. The van der Waals surface area contributed by atoms with E-state index in [4.69, 9.17) is 5.26 Å². The summed E-state index contributed by atoms with van der Waals surface area (Å²) in [5, 5.41) is 8.37. The molecule has 0 bridgehead atoms.